The van der Waals surface area contributed by atoms with E-state index >= 15 is 0 Å². The van der Waals surface area contributed by atoms with Crippen LogP contribution in [0.3, 0.4) is 0 Å². The highest BCUT2D eigenvalue weighted by Crippen LogP contribution is 2.34. The Morgan fingerprint density at radius 2 is 2.07 bits per heavy atom. The van der Waals surface area contributed by atoms with Crippen LogP contribution in [0.4, 0.5) is 0 Å². The summed E-state index contributed by atoms with van der Waals surface area (Å²) < 4.78 is 6.07. The minimum absolute atomic E-state index is 0.0905. The lowest BCUT2D eigenvalue weighted by Gasteiger charge is -2.23. The number of aromatic amines is 1. The molecule has 0 unspecified atom stereocenters. The zero-order valence-corrected chi connectivity index (χ0v) is 17.2. The van der Waals surface area contributed by atoms with E-state index in [0.29, 0.717) is 22.8 Å². The Labute approximate surface area is 175 Å². The van der Waals surface area contributed by atoms with Gasteiger partial charge in [0.1, 0.15) is 11.3 Å². The number of rotatable bonds is 6. The van der Waals surface area contributed by atoms with Crippen LogP contribution in [0.5, 0.6) is 5.75 Å². The smallest absolute Gasteiger partial charge is 0.255 e. The van der Waals surface area contributed by atoms with E-state index in [1.165, 1.54) is 12.8 Å². The molecule has 7 nitrogen and oxygen atoms in total. The van der Waals surface area contributed by atoms with Gasteiger partial charge in [-0.15, -0.1) is 0 Å². The first-order valence-electron chi connectivity index (χ1n) is 10.8. The number of carbonyl (C=O) groups is 1. The average molecular weight is 406 g/mol. The molecule has 2 fully saturated rings. The van der Waals surface area contributed by atoms with Crippen molar-refractivity contribution in [3.8, 4) is 17.1 Å². The van der Waals surface area contributed by atoms with Crippen LogP contribution in [0.1, 0.15) is 41.6 Å². The molecule has 7 heteroatoms. The van der Waals surface area contributed by atoms with Crippen molar-refractivity contribution >= 4 is 16.9 Å². The monoisotopic (exact) mass is 405 g/mol. The number of hydrogen-bond acceptors (Lipinski definition) is 5. The summed E-state index contributed by atoms with van der Waals surface area (Å²) in [5.41, 5.74) is 3.93. The summed E-state index contributed by atoms with van der Waals surface area (Å²) in [6.07, 6.45) is 7.83. The summed E-state index contributed by atoms with van der Waals surface area (Å²) in [5.74, 6) is 1.94. The molecule has 1 aromatic carbocycles. The normalized spacial score (nSPS) is 17.2. The second-order valence-corrected chi connectivity index (χ2v) is 8.41. The number of H-pyrrole nitrogens is 1. The Bertz CT molecular complexity index is 1070. The van der Waals surface area contributed by atoms with E-state index in [1.54, 1.807) is 12.4 Å². The first-order valence-corrected chi connectivity index (χ1v) is 10.8. The van der Waals surface area contributed by atoms with Crippen molar-refractivity contribution < 1.29 is 9.53 Å². The number of aromatic nitrogens is 3. The quantitative estimate of drug-likeness (QED) is 0.586. The Morgan fingerprint density at radius 1 is 1.23 bits per heavy atom. The van der Waals surface area contributed by atoms with Gasteiger partial charge in [-0.05, 0) is 63.7 Å². The van der Waals surface area contributed by atoms with Crippen LogP contribution in [-0.4, -0.2) is 46.6 Å². The van der Waals surface area contributed by atoms with E-state index in [0.717, 1.165) is 54.9 Å². The van der Waals surface area contributed by atoms with Gasteiger partial charge in [-0.2, -0.15) is 0 Å². The number of nitrogens with zero attached hydrogens (tertiary/aromatic N) is 2. The van der Waals surface area contributed by atoms with Crippen LogP contribution < -0.4 is 15.4 Å². The molecule has 5 rings (SSSR count). The number of hydrogen-bond donors (Lipinski definition) is 3. The molecule has 0 radical (unpaired) electrons. The standard InChI is InChI=1S/C23H27N5O2/c1-14-2-5-20(30-13-15-3-4-15)17(10-14)22-26-12-19-21(28-22)18(11-25-19)23(29)27-16-6-8-24-9-7-16/h2,5,10-12,15-16,24-25H,3-4,6-9,13H2,1H3,(H,27,29). The number of aryl methyl sites for hydroxylation is 1. The molecular formula is C23H27N5O2. The van der Waals surface area contributed by atoms with E-state index in [9.17, 15) is 4.79 Å². The third kappa shape index (κ3) is 4.03. The van der Waals surface area contributed by atoms with Crippen molar-refractivity contribution in [2.24, 2.45) is 5.92 Å². The van der Waals surface area contributed by atoms with Crippen molar-refractivity contribution in [1.29, 1.82) is 0 Å². The number of carbonyl (C=O) groups excluding carboxylic acids is 1. The Hall–Kier alpha value is -2.93. The lowest BCUT2D eigenvalue weighted by atomic mass is 10.1. The van der Waals surface area contributed by atoms with Gasteiger partial charge in [0.25, 0.3) is 5.91 Å². The maximum atomic E-state index is 12.9. The van der Waals surface area contributed by atoms with E-state index < -0.39 is 0 Å². The molecule has 3 heterocycles. The first-order chi connectivity index (χ1) is 14.7. The highest BCUT2D eigenvalue weighted by atomic mass is 16.5. The Balaban J connectivity index is 1.45. The fraction of sp³-hybridized carbons (Fsp3) is 0.435. The van der Waals surface area contributed by atoms with Crippen LogP contribution in [0.25, 0.3) is 22.4 Å². The molecule has 0 atom stereocenters. The van der Waals surface area contributed by atoms with E-state index in [2.05, 4.69) is 20.6 Å². The summed E-state index contributed by atoms with van der Waals surface area (Å²) in [5, 5.41) is 6.47. The molecular weight excluding hydrogens is 378 g/mol. The van der Waals surface area contributed by atoms with Gasteiger partial charge in [0.2, 0.25) is 0 Å². The molecule has 30 heavy (non-hydrogen) atoms. The van der Waals surface area contributed by atoms with Crippen molar-refractivity contribution in [2.75, 3.05) is 19.7 Å². The zero-order chi connectivity index (χ0) is 20.5. The Kier molecular flexibility index (Phi) is 5.12. The molecule has 1 aliphatic carbocycles. The highest BCUT2D eigenvalue weighted by molar-refractivity contribution is 6.05. The van der Waals surface area contributed by atoms with Crippen LogP contribution in [0.2, 0.25) is 0 Å². The fourth-order valence-electron chi connectivity index (χ4n) is 3.88. The third-order valence-corrected chi connectivity index (χ3v) is 5.88. The number of amides is 1. The van der Waals surface area contributed by atoms with Crippen LogP contribution in [-0.2, 0) is 0 Å². The molecule has 1 aliphatic heterocycles. The van der Waals surface area contributed by atoms with Crippen molar-refractivity contribution in [3.63, 3.8) is 0 Å². The molecule has 1 saturated carbocycles. The minimum Gasteiger partial charge on any atom is -0.493 e. The van der Waals surface area contributed by atoms with Gasteiger partial charge in [-0.25, -0.2) is 9.97 Å². The van der Waals surface area contributed by atoms with Gasteiger partial charge < -0.3 is 20.4 Å². The number of fused-ring (bicyclic) bond motifs is 1. The molecule has 1 amide bonds. The van der Waals surface area contributed by atoms with Gasteiger partial charge >= 0.3 is 0 Å². The summed E-state index contributed by atoms with van der Waals surface area (Å²) in [6.45, 7) is 4.64. The number of ether oxygens (including phenoxy) is 1. The Morgan fingerprint density at radius 3 is 2.87 bits per heavy atom. The lowest BCUT2D eigenvalue weighted by molar-refractivity contribution is 0.0931. The van der Waals surface area contributed by atoms with Crippen molar-refractivity contribution in [1.82, 2.24) is 25.6 Å². The molecule has 1 saturated heterocycles. The second-order valence-electron chi connectivity index (χ2n) is 8.41. The average Bonchev–Trinajstić information content (AvgIpc) is 3.50. The molecule has 3 aromatic rings. The van der Waals surface area contributed by atoms with E-state index in [4.69, 9.17) is 9.72 Å². The second kappa shape index (κ2) is 8.07. The first kappa shape index (κ1) is 19.1. The topological polar surface area (TPSA) is 91.9 Å². The summed E-state index contributed by atoms with van der Waals surface area (Å²) >= 11 is 0. The van der Waals surface area contributed by atoms with Crippen molar-refractivity contribution in [3.05, 3.63) is 41.7 Å². The predicted octanol–water partition coefficient (Wildman–Crippen LogP) is 3.20. The van der Waals surface area contributed by atoms with Gasteiger partial charge in [-0.3, -0.25) is 4.79 Å². The maximum absolute atomic E-state index is 12.9. The van der Waals surface area contributed by atoms with Gasteiger partial charge in [0.15, 0.2) is 5.82 Å². The lowest BCUT2D eigenvalue weighted by Crippen LogP contribution is -2.42. The van der Waals surface area contributed by atoms with E-state index in [1.807, 2.05) is 25.1 Å². The maximum Gasteiger partial charge on any atom is 0.255 e. The molecule has 2 aromatic heterocycles. The molecule has 156 valence electrons. The molecule has 0 spiro atoms. The molecule has 2 aliphatic rings. The van der Waals surface area contributed by atoms with Crippen LogP contribution >= 0.6 is 0 Å². The fourth-order valence-corrected chi connectivity index (χ4v) is 3.88. The predicted molar refractivity (Wildman–Crippen MR) is 116 cm³/mol. The van der Waals surface area contributed by atoms with Gasteiger partial charge in [-0.1, -0.05) is 11.6 Å². The zero-order valence-electron chi connectivity index (χ0n) is 17.2. The largest absolute Gasteiger partial charge is 0.493 e. The molecule has 3 N–H and O–H groups in total. The summed E-state index contributed by atoms with van der Waals surface area (Å²) in [7, 11) is 0. The minimum atomic E-state index is -0.0905. The number of piperidine rings is 1. The molecule has 0 bridgehead atoms. The summed E-state index contributed by atoms with van der Waals surface area (Å²) in [6, 6.07) is 6.27. The van der Waals surface area contributed by atoms with Gasteiger partial charge in [0.05, 0.1) is 29.4 Å². The number of nitrogens with one attached hydrogen (secondary N) is 3. The SMILES string of the molecule is Cc1ccc(OCC2CC2)c(-c2ncc3[nH]cc(C(=O)NC4CCNCC4)c3n2)c1. The van der Waals surface area contributed by atoms with Crippen LogP contribution in [0.15, 0.2) is 30.6 Å². The van der Waals surface area contributed by atoms with Crippen molar-refractivity contribution in [2.45, 2.75) is 38.6 Å². The van der Waals surface area contributed by atoms with Gasteiger partial charge in [0, 0.05) is 12.2 Å². The highest BCUT2D eigenvalue weighted by Gasteiger charge is 2.23. The summed E-state index contributed by atoms with van der Waals surface area (Å²) in [4.78, 5) is 25.4. The van der Waals surface area contributed by atoms with E-state index in [-0.39, 0.29) is 11.9 Å². The third-order valence-electron chi connectivity index (χ3n) is 5.88. The van der Waals surface area contributed by atoms with Crippen LogP contribution in [0, 0.1) is 12.8 Å². The number of benzene rings is 1.